The van der Waals surface area contributed by atoms with Crippen molar-refractivity contribution >= 4 is 0 Å². The van der Waals surface area contributed by atoms with E-state index in [9.17, 15) is 13.2 Å². The average molecular weight is 265 g/mol. The first kappa shape index (κ1) is 13.6. The molecule has 1 atom stereocenters. The summed E-state index contributed by atoms with van der Waals surface area (Å²) in [6, 6.07) is 9.81. The number of benzene rings is 2. The summed E-state index contributed by atoms with van der Waals surface area (Å²) in [6.45, 7) is 0. The average Bonchev–Trinajstić information content (AvgIpc) is 2.38. The normalized spacial score (nSPS) is 12.4. The van der Waals surface area contributed by atoms with Gasteiger partial charge in [0.25, 0.3) is 0 Å². The van der Waals surface area contributed by atoms with Gasteiger partial charge in [0.05, 0.1) is 0 Å². The van der Waals surface area contributed by atoms with Gasteiger partial charge < -0.3 is 5.73 Å². The number of halogens is 3. The van der Waals surface area contributed by atoms with Crippen LogP contribution in [0.5, 0.6) is 0 Å². The summed E-state index contributed by atoms with van der Waals surface area (Å²) in [5, 5.41) is 0. The molecule has 0 aliphatic heterocycles. The van der Waals surface area contributed by atoms with Crippen LogP contribution in [0.25, 0.3) is 0 Å². The molecule has 2 N–H and O–H groups in total. The Labute approximate surface area is 109 Å². The first-order valence-corrected chi connectivity index (χ1v) is 6.00. The van der Waals surface area contributed by atoms with E-state index < -0.39 is 17.7 Å². The van der Waals surface area contributed by atoms with E-state index >= 15 is 0 Å². The van der Waals surface area contributed by atoms with Gasteiger partial charge in [0.1, 0.15) is 5.82 Å². The fraction of sp³-hybridized carbons (Fsp3) is 0.200. The lowest BCUT2D eigenvalue weighted by Crippen LogP contribution is -2.26. The second kappa shape index (κ2) is 5.89. The van der Waals surface area contributed by atoms with Gasteiger partial charge in [-0.25, -0.2) is 13.2 Å². The van der Waals surface area contributed by atoms with E-state index in [1.807, 2.05) is 0 Å². The first-order chi connectivity index (χ1) is 9.08. The minimum absolute atomic E-state index is 0.165. The van der Waals surface area contributed by atoms with Crippen LogP contribution in [0.4, 0.5) is 13.2 Å². The molecule has 0 aromatic heterocycles. The van der Waals surface area contributed by atoms with Crippen LogP contribution in [0, 0.1) is 17.5 Å². The summed E-state index contributed by atoms with van der Waals surface area (Å²) in [6.07, 6.45) is 0.445. The van der Waals surface area contributed by atoms with Crippen molar-refractivity contribution in [3.63, 3.8) is 0 Å². The van der Waals surface area contributed by atoms with Crippen LogP contribution in [-0.4, -0.2) is 6.04 Å². The standard InChI is InChI=1S/C15H14F3N/c16-13-6-2-1-4-10(13)8-12(19)9-11-5-3-7-14(17)15(11)18/h1-7,12H,8-9,19H2. The molecule has 0 aliphatic carbocycles. The molecule has 0 spiro atoms. The third-order valence-electron chi connectivity index (χ3n) is 2.95. The zero-order valence-corrected chi connectivity index (χ0v) is 10.2. The molecule has 0 heterocycles. The van der Waals surface area contributed by atoms with E-state index in [-0.39, 0.29) is 24.2 Å². The van der Waals surface area contributed by atoms with Crippen LogP contribution < -0.4 is 5.73 Å². The SMILES string of the molecule is NC(Cc1ccccc1F)Cc1cccc(F)c1F. The summed E-state index contributed by atoms with van der Waals surface area (Å²) in [4.78, 5) is 0. The maximum Gasteiger partial charge on any atom is 0.162 e. The van der Waals surface area contributed by atoms with E-state index in [2.05, 4.69) is 0 Å². The van der Waals surface area contributed by atoms with E-state index in [4.69, 9.17) is 5.73 Å². The van der Waals surface area contributed by atoms with E-state index in [1.165, 1.54) is 18.2 Å². The molecule has 1 unspecified atom stereocenters. The molecule has 2 rings (SSSR count). The highest BCUT2D eigenvalue weighted by Crippen LogP contribution is 2.15. The van der Waals surface area contributed by atoms with Gasteiger partial charge in [0.2, 0.25) is 0 Å². The van der Waals surface area contributed by atoms with Crippen LogP contribution in [0.2, 0.25) is 0 Å². The number of hydrogen-bond acceptors (Lipinski definition) is 1. The van der Waals surface area contributed by atoms with Crippen LogP contribution >= 0.6 is 0 Å². The summed E-state index contributed by atoms with van der Waals surface area (Å²) in [7, 11) is 0. The predicted molar refractivity (Wildman–Crippen MR) is 68.1 cm³/mol. The van der Waals surface area contributed by atoms with E-state index in [1.54, 1.807) is 18.2 Å². The Morgan fingerprint density at radius 2 is 1.37 bits per heavy atom. The highest BCUT2D eigenvalue weighted by Gasteiger charge is 2.13. The van der Waals surface area contributed by atoms with Crippen molar-refractivity contribution < 1.29 is 13.2 Å². The van der Waals surface area contributed by atoms with Gasteiger partial charge in [-0.05, 0) is 36.1 Å². The molecule has 0 fully saturated rings. The molecule has 19 heavy (non-hydrogen) atoms. The van der Waals surface area contributed by atoms with Crippen LogP contribution in [0.15, 0.2) is 42.5 Å². The van der Waals surface area contributed by atoms with Gasteiger partial charge in [-0.15, -0.1) is 0 Å². The highest BCUT2D eigenvalue weighted by atomic mass is 19.2. The highest BCUT2D eigenvalue weighted by molar-refractivity contribution is 5.22. The topological polar surface area (TPSA) is 26.0 Å². The number of nitrogens with two attached hydrogens (primary N) is 1. The van der Waals surface area contributed by atoms with Crippen molar-refractivity contribution in [2.45, 2.75) is 18.9 Å². The third kappa shape index (κ3) is 3.35. The van der Waals surface area contributed by atoms with Crippen molar-refractivity contribution in [3.8, 4) is 0 Å². The molecular formula is C15H14F3N. The number of rotatable bonds is 4. The first-order valence-electron chi connectivity index (χ1n) is 6.00. The lowest BCUT2D eigenvalue weighted by atomic mass is 9.99. The minimum atomic E-state index is -0.893. The van der Waals surface area contributed by atoms with Gasteiger partial charge in [-0.3, -0.25) is 0 Å². The summed E-state index contributed by atoms with van der Waals surface area (Å²) in [5.74, 6) is -2.11. The molecule has 0 radical (unpaired) electrons. The van der Waals surface area contributed by atoms with Gasteiger partial charge in [0, 0.05) is 6.04 Å². The van der Waals surface area contributed by atoms with Crippen LogP contribution in [0.1, 0.15) is 11.1 Å². The maximum atomic E-state index is 13.5. The van der Waals surface area contributed by atoms with Crippen LogP contribution in [0.3, 0.4) is 0 Å². The smallest absolute Gasteiger partial charge is 0.162 e. The molecule has 0 bridgehead atoms. The van der Waals surface area contributed by atoms with Crippen molar-refractivity contribution in [1.29, 1.82) is 0 Å². The lowest BCUT2D eigenvalue weighted by Gasteiger charge is -2.13. The molecule has 0 saturated heterocycles. The van der Waals surface area contributed by atoms with E-state index in [0.29, 0.717) is 5.56 Å². The Morgan fingerprint density at radius 1 is 0.789 bits per heavy atom. The Balaban J connectivity index is 2.08. The third-order valence-corrected chi connectivity index (χ3v) is 2.95. The molecular weight excluding hydrogens is 251 g/mol. The van der Waals surface area contributed by atoms with Crippen molar-refractivity contribution in [2.24, 2.45) is 5.73 Å². The van der Waals surface area contributed by atoms with Crippen LogP contribution in [-0.2, 0) is 12.8 Å². The van der Waals surface area contributed by atoms with Crippen molar-refractivity contribution in [1.82, 2.24) is 0 Å². The summed E-state index contributed by atoms with van der Waals surface area (Å²) in [5.41, 5.74) is 6.56. The van der Waals surface area contributed by atoms with Crippen molar-refractivity contribution in [3.05, 3.63) is 71.0 Å². The lowest BCUT2D eigenvalue weighted by molar-refractivity contribution is 0.491. The second-order valence-corrected chi connectivity index (χ2v) is 4.47. The molecule has 0 amide bonds. The van der Waals surface area contributed by atoms with E-state index in [0.717, 1.165) is 6.07 Å². The zero-order valence-electron chi connectivity index (χ0n) is 10.2. The predicted octanol–water partition coefficient (Wildman–Crippen LogP) is 3.22. The Morgan fingerprint density at radius 3 is 2.11 bits per heavy atom. The Hall–Kier alpha value is -1.81. The fourth-order valence-corrected chi connectivity index (χ4v) is 2.01. The Bertz CT molecular complexity index is 569. The maximum absolute atomic E-state index is 13.5. The largest absolute Gasteiger partial charge is 0.327 e. The summed E-state index contributed by atoms with van der Waals surface area (Å²) >= 11 is 0. The minimum Gasteiger partial charge on any atom is -0.327 e. The molecule has 0 saturated carbocycles. The number of hydrogen-bond donors (Lipinski definition) is 1. The molecule has 2 aromatic carbocycles. The molecule has 100 valence electrons. The molecule has 4 heteroatoms. The van der Waals surface area contributed by atoms with Gasteiger partial charge in [0.15, 0.2) is 11.6 Å². The summed E-state index contributed by atoms with van der Waals surface area (Å²) < 4.78 is 40.0. The molecule has 0 aliphatic rings. The monoisotopic (exact) mass is 265 g/mol. The fourth-order valence-electron chi connectivity index (χ4n) is 2.01. The molecule has 1 nitrogen and oxygen atoms in total. The van der Waals surface area contributed by atoms with Gasteiger partial charge >= 0.3 is 0 Å². The second-order valence-electron chi connectivity index (χ2n) is 4.47. The van der Waals surface area contributed by atoms with Gasteiger partial charge in [-0.2, -0.15) is 0 Å². The Kier molecular flexibility index (Phi) is 4.22. The molecule has 2 aromatic rings. The quantitative estimate of drug-likeness (QED) is 0.902. The van der Waals surface area contributed by atoms with Crippen molar-refractivity contribution in [2.75, 3.05) is 0 Å². The zero-order chi connectivity index (χ0) is 13.8. The van der Waals surface area contributed by atoms with Gasteiger partial charge in [-0.1, -0.05) is 30.3 Å².